The molecular weight excluding hydrogens is 334 g/mol. The molecule has 0 unspecified atom stereocenters. The van der Waals surface area contributed by atoms with Gasteiger partial charge in [0.25, 0.3) is 0 Å². The minimum Gasteiger partial charge on any atom is -0.469 e. The number of hydrogen-bond donors (Lipinski definition) is 1. The molecule has 2 rings (SSSR count). The number of anilines is 1. The van der Waals surface area contributed by atoms with Gasteiger partial charge in [-0.05, 0) is 43.7 Å². The van der Waals surface area contributed by atoms with E-state index in [0.29, 0.717) is 29.0 Å². The molecule has 0 saturated carbocycles. The molecule has 6 nitrogen and oxygen atoms in total. The number of aryl methyl sites for hydroxylation is 1. The molecule has 2 aromatic rings. The van der Waals surface area contributed by atoms with Gasteiger partial charge < -0.3 is 14.5 Å². The Morgan fingerprint density at radius 1 is 1.08 bits per heavy atom. The Labute approximate surface area is 152 Å². The summed E-state index contributed by atoms with van der Waals surface area (Å²) in [5, 5.41) is 2.80. The molecule has 26 heavy (non-hydrogen) atoms. The van der Waals surface area contributed by atoms with Crippen molar-refractivity contribution < 1.29 is 23.5 Å². The van der Waals surface area contributed by atoms with Crippen molar-refractivity contribution in [3.8, 4) is 0 Å². The van der Waals surface area contributed by atoms with Gasteiger partial charge in [0.15, 0.2) is 12.4 Å². The van der Waals surface area contributed by atoms with Crippen LogP contribution in [0.25, 0.3) is 0 Å². The van der Waals surface area contributed by atoms with Gasteiger partial charge in [0.05, 0.1) is 6.26 Å². The second kappa shape index (κ2) is 9.56. The number of amides is 1. The Bertz CT molecular complexity index is 761. The molecule has 0 saturated heterocycles. The van der Waals surface area contributed by atoms with Crippen LogP contribution in [0.3, 0.4) is 0 Å². The summed E-state index contributed by atoms with van der Waals surface area (Å²) in [6.45, 7) is 3.38. The van der Waals surface area contributed by atoms with E-state index in [4.69, 9.17) is 9.15 Å². The van der Waals surface area contributed by atoms with Gasteiger partial charge in [-0.3, -0.25) is 9.59 Å². The van der Waals surface area contributed by atoms with Crippen LogP contribution in [0.2, 0.25) is 0 Å². The number of unbranched alkanes of at least 4 members (excludes halogenated alkanes) is 2. The third kappa shape index (κ3) is 5.58. The maximum Gasteiger partial charge on any atom is 0.342 e. The van der Waals surface area contributed by atoms with Crippen LogP contribution in [0.1, 0.15) is 59.1 Å². The quantitative estimate of drug-likeness (QED) is 0.414. The van der Waals surface area contributed by atoms with Crippen molar-refractivity contribution in [3.63, 3.8) is 0 Å². The number of carbonyl (C=O) groups is 3. The molecule has 6 heteroatoms. The zero-order valence-electron chi connectivity index (χ0n) is 15.0. The number of ether oxygens (including phenoxy) is 1. The standard InChI is InChI=1S/C20H23NO5/c1-3-4-5-6-19(23)21-16-9-7-15(8-10-16)18(22)13-26-20(24)17-11-12-25-14(17)2/h7-12H,3-6,13H2,1-2H3,(H,21,23). The van der Waals surface area contributed by atoms with Gasteiger partial charge >= 0.3 is 5.97 Å². The summed E-state index contributed by atoms with van der Waals surface area (Å²) in [6, 6.07) is 8.02. The molecule has 1 N–H and O–H groups in total. The van der Waals surface area contributed by atoms with Crippen molar-refractivity contribution in [2.45, 2.75) is 39.5 Å². The van der Waals surface area contributed by atoms with Crippen LogP contribution in [0.4, 0.5) is 5.69 Å². The molecule has 0 radical (unpaired) electrons. The van der Waals surface area contributed by atoms with Crippen LogP contribution in [0.5, 0.6) is 0 Å². The number of esters is 1. The minimum absolute atomic E-state index is 0.0399. The lowest BCUT2D eigenvalue weighted by molar-refractivity contribution is -0.116. The first-order valence-electron chi connectivity index (χ1n) is 8.65. The minimum atomic E-state index is -0.597. The molecule has 1 heterocycles. The van der Waals surface area contributed by atoms with Crippen molar-refractivity contribution in [2.24, 2.45) is 0 Å². The van der Waals surface area contributed by atoms with E-state index in [1.54, 1.807) is 31.2 Å². The Balaban J connectivity index is 1.83. The van der Waals surface area contributed by atoms with Gasteiger partial charge in [-0.1, -0.05) is 19.8 Å². The Morgan fingerprint density at radius 2 is 1.81 bits per heavy atom. The first kappa shape index (κ1) is 19.4. The van der Waals surface area contributed by atoms with Crippen LogP contribution < -0.4 is 5.32 Å². The second-order valence-electron chi connectivity index (χ2n) is 5.97. The molecule has 1 amide bonds. The Kier molecular flexibility index (Phi) is 7.14. The molecular formula is C20H23NO5. The zero-order chi connectivity index (χ0) is 18.9. The maximum absolute atomic E-state index is 12.1. The van der Waals surface area contributed by atoms with Crippen LogP contribution in [0.15, 0.2) is 41.0 Å². The molecule has 0 bridgehead atoms. The average Bonchev–Trinajstić information content (AvgIpc) is 3.06. The van der Waals surface area contributed by atoms with Crippen LogP contribution in [-0.4, -0.2) is 24.3 Å². The first-order valence-corrected chi connectivity index (χ1v) is 8.65. The third-order valence-corrected chi connectivity index (χ3v) is 3.91. The summed E-state index contributed by atoms with van der Waals surface area (Å²) in [4.78, 5) is 35.8. The molecule has 0 spiro atoms. The van der Waals surface area contributed by atoms with E-state index >= 15 is 0 Å². The summed E-state index contributed by atoms with van der Waals surface area (Å²) in [7, 11) is 0. The topological polar surface area (TPSA) is 85.6 Å². The number of benzene rings is 1. The number of furan rings is 1. The number of rotatable bonds is 9. The largest absolute Gasteiger partial charge is 0.469 e. The molecule has 0 atom stereocenters. The molecule has 0 fully saturated rings. The molecule has 0 aliphatic rings. The number of ketones is 1. The molecule has 1 aromatic carbocycles. The Morgan fingerprint density at radius 3 is 2.42 bits per heavy atom. The monoisotopic (exact) mass is 357 g/mol. The highest BCUT2D eigenvalue weighted by molar-refractivity contribution is 6.00. The van der Waals surface area contributed by atoms with Gasteiger partial charge in [0.2, 0.25) is 5.91 Å². The van der Waals surface area contributed by atoms with E-state index in [-0.39, 0.29) is 18.3 Å². The number of carbonyl (C=O) groups excluding carboxylic acids is 3. The second-order valence-corrected chi connectivity index (χ2v) is 5.97. The average molecular weight is 357 g/mol. The van der Waals surface area contributed by atoms with Gasteiger partial charge in [-0.25, -0.2) is 4.79 Å². The number of hydrogen-bond acceptors (Lipinski definition) is 5. The normalized spacial score (nSPS) is 10.4. The predicted octanol–water partition coefficient (Wildman–Crippen LogP) is 4.15. The number of nitrogens with one attached hydrogen (secondary N) is 1. The van der Waals surface area contributed by atoms with Gasteiger partial charge in [0.1, 0.15) is 11.3 Å². The van der Waals surface area contributed by atoms with E-state index in [2.05, 4.69) is 12.2 Å². The predicted molar refractivity (Wildman–Crippen MR) is 97.3 cm³/mol. The van der Waals surface area contributed by atoms with Crippen LogP contribution in [0, 0.1) is 6.92 Å². The third-order valence-electron chi connectivity index (χ3n) is 3.91. The molecule has 138 valence electrons. The number of Topliss-reactive ketones (excluding diaryl/α,β-unsaturated/α-hetero) is 1. The van der Waals surface area contributed by atoms with E-state index in [1.807, 2.05) is 0 Å². The lowest BCUT2D eigenvalue weighted by atomic mass is 10.1. The van der Waals surface area contributed by atoms with Crippen LogP contribution >= 0.6 is 0 Å². The summed E-state index contributed by atoms with van der Waals surface area (Å²) >= 11 is 0. The maximum atomic E-state index is 12.1. The highest BCUT2D eigenvalue weighted by Crippen LogP contribution is 2.13. The van der Waals surface area contributed by atoms with Gasteiger partial charge in [0, 0.05) is 17.7 Å². The summed E-state index contributed by atoms with van der Waals surface area (Å²) in [5.74, 6) is -0.510. The van der Waals surface area contributed by atoms with Crippen molar-refractivity contribution in [3.05, 3.63) is 53.5 Å². The lowest BCUT2D eigenvalue weighted by Crippen LogP contribution is -2.15. The van der Waals surface area contributed by atoms with Crippen molar-refractivity contribution in [1.82, 2.24) is 0 Å². The SMILES string of the molecule is CCCCCC(=O)Nc1ccc(C(=O)COC(=O)c2ccoc2C)cc1. The zero-order valence-corrected chi connectivity index (χ0v) is 15.0. The smallest absolute Gasteiger partial charge is 0.342 e. The van der Waals surface area contributed by atoms with Crippen molar-refractivity contribution >= 4 is 23.3 Å². The lowest BCUT2D eigenvalue weighted by Gasteiger charge is -2.07. The van der Waals surface area contributed by atoms with Gasteiger partial charge in [-0.2, -0.15) is 0 Å². The fourth-order valence-corrected chi connectivity index (χ4v) is 2.39. The van der Waals surface area contributed by atoms with Crippen molar-refractivity contribution in [2.75, 3.05) is 11.9 Å². The van der Waals surface area contributed by atoms with E-state index in [0.717, 1.165) is 19.3 Å². The highest BCUT2D eigenvalue weighted by atomic mass is 16.5. The van der Waals surface area contributed by atoms with E-state index in [1.165, 1.54) is 12.3 Å². The molecule has 0 aliphatic carbocycles. The fraction of sp³-hybridized carbons (Fsp3) is 0.350. The molecule has 1 aromatic heterocycles. The fourth-order valence-electron chi connectivity index (χ4n) is 2.39. The first-order chi connectivity index (χ1) is 12.5. The van der Waals surface area contributed by atoms with E-state index < -0.39 is 5.97 Å². The van der Waals surface area contributed by atoms with E-state index in [9.17, 15) is 14.4 Å². The summed E-state index contributed by atoms with van der Waals surface area (Å²) in [6.07, 6.45) is 4.83. The molecule has 0 aliphatic heterocycles. The highest BCUT2D eigenvalue weighted by Gasteiger charge is 2.15. The van der Waals surface area contributed by atoms with Gasteiger partial charge in [-0.15, -0.1) is 0 Å². The van der Waals surface area contributed by atoms with Crippen LogP contribution in [-0.2, 0) is 9.53 Å². The van der Waals surface area contributed by atoms with Crippen molar-refractivity contribution in [1.29, 1.82) is 0 Å². The Hall–Kier alpha value is -2.89. The summed E-state index contributed by atoms with van der Waals surface area (Å²) in [5.41, 5.74) is 1.35. The summed E-state index contributed by atoms with van der Waals surface area (Å²) < 4.78 is 10.0.